The molecule has 33 heavy (non-hydrogen) atoms. The maximum absolute atomic E-state index is 13.5. The number of phenolic OH excluding ortho intramolecular Hbond substituents is 3. The lowest BCUT2D eigenvalue weighted by molar-refractivity contribution is -0.0474. The number of aliphatic hydroxyl groups excluding tert-OH is 1. The molecule has 0 saturated carbocycles. The van der Waals surface area contributed by atoms with Crippen LogP contribution in [0.1, 0.15) is 38.8 Å². The molecule has 0 amide bonds. The van der Waals surface area contributed by atoms with Gasteiger partial charge in [-0.2, -0.15) is 0 Å². The summed E-state index contributed by atoms with van der Waals surface area (Å²) in [5, 5.41) is 51.6. The molecule has 0 spiro atoms. The summed E-state index contributed by atoms with van der Waals surface area (Å²) >= 11 is 0. The van der Waals surface area contributed by atoms with E-state index in [1.54, 1.807) is 12.2 Å². The van der Waals surface area contributed by atoms with Crippen molar-refractivity contribution < 1.29 is 34.7 Å². The van der Waals surface area contributed by atoms with E-state index in [0.717, 1.165) is 6.07 Å². The Morgan fingerprint density at radius 1 is 1.12 bits per heavy atom. The van der Waals surface area contributed by atoms with Gasteiger partial charge < -0.3 is 34.7 Å². The molecule has 2 heterocycles. The van der Waals surface area contributed by atoms with Gasteiger partial charge in [0, 0.05) is 23.6 Å². The van der Waals surface area contributed by atoms with Crippen LogP contribution in [0.15, 0.2) is 39.7 Å². The molecular weight excluding hydrogens is 428 g/mol. The molecule has 174 valence electrons. The van der Waals surface area contributed by atoms with Crippen LogP contribution in [-0.2, 0) is 6.42 Å². The fourth-order valence-electron chi connectivity index (χ4n) is 3.82. The van der Waals surface area contributed by atoms with Crippen LogP contribution in [0.5, 0.6) is 23.0 Å². The first-order valence-electron chi connectivity index (χ1n) is 10.4. The van der Waals surface area contributed by atoms with Crippen molar-refractivity contribution in [1.29, 1.82) is 0 Å². The number of aromatic hydroxyl groups is 3. The minimum Gasteiger partial charge on any atom is -0.508 e. The van der Waals surface area contributed by atoms with Crippen LogP contribution < -0.4 is 10.2 Å². The van der Waals surface area contributed by atoms with Gasteiger partial charge in [0.2, 0.25) is 5.43 Å². The molecule has 4 rings (SSSR count). The van der Waals surface area contributed by atoms with Crippen LogP contribution in [0, 0.1) is 0 Å². The van der Waals surface area contributed by atoms with E-state index >= 15 is 0 Å². The van der Waals surface area contributed by atoms with Crippen molar-refractivity contribution in [2.75, 3.05) is 0 Å². The molecule has 0 aliphatic carbocycles. The Bertz CT molecular complexity index is 1340. The lowest BCUT2D eigenvalue weighted by Gasteiger charge is -2.32. The van der Waals surface area contributed by atoms with Crippen LogP contribution in [0.4, 0.5) is 0 Å². The predicted octanol–water partition coefficient (Wildman–Crippen LogP) is 3.44. The molecular formula is C25H26O8. The summed E-state index contributed by atoms with van der Waals surface area (Å²) in [6, 6.07) is 3.77. The molecule has 1 atom stereocenters. The highest BCUT2D eigenvalue weighted by atomic mass is 16.5. The number of phenols is 3. The third kappa shape index (κ3) is 3.92. The Morgan fingerprint density at radius 3 is 2.45 bits per heavy atom. The van der Waals surface area contributed by atoms with E-state index in [1.165, 1.54) is 32.2 Å². The van der Waals surface area contributed by atoms with E-state index in [9.17, 15) is 30.3 Å². The Hall–Kier alpha value is -3.49. The molecule has 0 unspecified atom stereocenters. The highest BCUT2D eigenvalue weighted by Crippen LogP contribution is 2.45. The van der Waals surface area contributed by atoms with Gasteiger partial charge in [0.1, 0.15) is 40.2 Å². The maximum Gasteiger partial charge on any atom is 0.204 e. The van der Waals surface area contributed by atoms with Gasteiger partial charge in [0.25, 0.3) is 0 Å². The van der Waals surface area contributed by atoms with Gasteiger partial charge in [-0.05, 0) is 52.0 Å². The van der Waals surface area contributed by atoms with Gasteiger partial charge in [0.15, 0.2) is 5.58 Å². The topological polar surface area (TPSA) is 141 Å². The van der Waals surface area contributed by atoms with Gasteiger partial charge in [-0.3, -0.25) is 4.79 Å². The van der Waals surface area contributed by atoms with E-state index < -0.39 is 28.5 Å². The Labute approximate surface area is 189 Å². The van der Waals surface area contributed by atoms with Crippen LogP contribution in [-0.4, -0.2) is 42.8 Å². The minimum absolute atomic E-state index is 0.0229. The molecule has 0 saturated heterocycles. The van der Waals surface area contributed by atoms with Gasteiger partial charge in [-0.15, -0.1) is 0 Å². The second kappa shape index (κ2) is 7.54. The summed E-state index contributed by atoms with van der Waals surface area (Å²) in [5.74, 6) is -0.695. The second-order valence-corrected chi connectivity index (χ2v) is 9.37. The molecule has 5 N–H and O–H groups in total. The first kappa shape index (κ1) is 22.7. The Morgan fingerprint density at radius 2 is 1.82 bits per heavy atom. The standard InChI is InChI=1S/C25H26O8/c1-24(2)8-7-14-22(33-24)15(10-18(28)25(3,4)31)20(29)19-21(30)16(11-32-23(14)19)13-6-5-12(26)9-17(13)27/h5-9,11,18,26-29,31H,10H2,1-4H3/t18-/m1/s1. The van der Waals surface area contributed by atoms with Gasteiger partial charge >= 0.3 is 0 Å². The summed E-state index contributed by atoms with van der Waals surface area (Å²) < 4.78 is 11.8. The van der Waals surface area contributed by atoms with Crippen molar-refractivity contribution in [2.45, 2.75) is 51.4 Å². The summed E-state index contributed by atoms with van der Waals surface area (Å²) in [7, 11) is 0. The van der Waals surface area contributed by atoms with Crippen molar-refractivity contribution in [1.82, 2.24) is 0 Å². The molecule has 0 radical (unpaired) electrons. The van der Waals surface area contributed by atoms with E-state index in [-0.39, 0.29) is 51.3 Å². The van der Waals surface area contributed by atoms with Crippen LogP contribution in [0.3, 0.4) is 0 Å². The zero-order chi connectivity index (χ0) is 24.3. The molecule has 2 aromatic carbocycles. The fraction of sp³-hybridized carbons (Fsp3) is 0.320. The van der Waals surface area contributed by atoms with E-state index in [4.69, 9.17) is 9.15 Å². The Balaban J connectivity index is 2.04. The van der Waals surface area contributed by atoms with E-state index in [0.29, 0.717) is 5.56 Å². The quantitative estimate of drug-likeness (QED) is 0.404. The molecule has 3 aromatic rings. The second-order valence-electron chi connectivity index (χ2n) is 9.37. The van der Waals surface area contributed by atoms with Gasteiger partial charge in [-0.1, -0.05) is 0 Å². The monoisotopic (exact) mass is 454 g/mol. The van der Waals surface area contributed by atoms with Crippen LogP contribution >= 0.6 is 0 Å². The summed E-state index contributed by atoms with van der Waals surface area (Å²) in [6.07, 6.45) is 3.23. The lowest BCUT2D eigenvalue weighted by Crippen LogP contribution is -2.38. The third-order valence-corrected chi connectivity index (χ3v) is 5.78. The first-order valence-corrected chi connectivity index (χ1v) is 10.4. The molecule has 0 bridgehead atoms. The van der Waals surface area contributed by atoms with Crippen LogP contribution in [0.2, 0.25) is 0 Å². The summed E-state index contributed by atoms with van der Waals surface area (Å²) in [5.41, 5.74) is -2.06. The lowest BCUT2D eigenvalue weighted by atomic mass is 9.89. The Kier molecular flexibility index (Phi) is 5.18. The predicted molar refractivity (Wildman–Crippen MR) is 123 cm³/mol. The van der Waals surface area contributed by atoms with Crippen molar-refractivity contribution in [3.8, 4) is 34.1 Å². The highest BCUT2D eigenvalue weighted by Gasteiger charge is 2.34. The highest BCUT2D eigenvalue weighted by molar-refractivity contribution is 5.97. The normalized spacial score (nSPS) is 15.8. The summed E-state index contributed by atoms with van der Waals surface area (Å²) in [4.78, 5) is 13.5. The van der Waals surface area contributed by atoms with E-state index in [1.807, 2.05) is 13.8 Å². The number of rotatable bonds is 4. The molecule has 1 aliphatic heterocycles. The average Bonchev–Trinajstić information content (AvgIpc) is 2.70. The van der Waals surface area contributed by atoms with Gasteiger partial charge in [-0.25, -0.2) is 0 Å². The van der Waals surface area contributed by atoms with Crippen LogP contribution in [0.25, 0.3) is 28.2 Å². The first-order chi connectivity index (χ1) is 15.3. The maximum atomic E-state index is 13.5. The molecule has 8 heteroatoms. The molecule has 1 aliphatic rings. The molecule has 0 fully saturated rings. The van der Waals surface area contributed by atoms with E-state index in [2.05, 4.69) is 0 Å². The van der Waals surface area contributed by atoms with Gasteiger partial charge in [0.05, 0.1) is 22.8 Å². The largest absolute Gasteiger partial charge is 0.508 e. The third-order valence-electron chi connectivity index (χ3n) is 5.78. The smallest absolute Gasteiger partial charge is 0.204 e. The number of aliphatic hydroxyl groups is 2. The number of fused-ring (bicyclic) bond motifs is 3. The van der Waals surface area contributed by atoms with Crippen molar-refractivity contribution >= 4 is 17.0 Å². The number of hydrogen-bond acceptors (Lipinski definition) is 8. The molecule has 1 aromatic heterocycles. The zero-order valence-corrected chi connectivity index (χ0v) is 18.7. The molecule has 8 nitrogen and oxygen atoms in total. The average molecular weight is 454 g/mol. The van der Waals surface area contributed by atoms with Crippen molar-refractivity contribution in [3.05, 3.63) is 51.9 Å². The van der Waals surface area contributed by atoms with Crippen molar-refractivity contribution in [3.63, 3.8) is 0 Å². The SMILES string of the molecule is CC1(C)C=Cc2c(c(C[C@@H](O)C(C)(C)O)c(O)c3c(=O)c(-c4ccc(O)cc4O)coc23)O1. The minimum atomic E-state index is -1.47. The number of ether oxygens (including phenoxy) is 1. The summed E-state index contributed by atoms with van der Waals surface area (Å²) in [6.45, 7) is 6.51. The fourth-order valence-corrected chi connectivity index (χ4v) is 3.82. The number of hydrogen-bond donors (Lipinski definition) is 5. The number of benzene rings is 2. The van der Waals surface area contributed by atoms with Crippen molar-refractivity contribution in [2.24, 2.45) is 0 Å². The zero-order valence-electron chi connectivity index (χ0n) is 18.7.